The number of fused-ring (bicyclic) bond motifs is 5. The fourth-order valence-corrected chi connectivity index (χ4v) is 7.59. The van der Waals surface area contributed by atoms with Crippen molar-refractivity contribution in [1.82, 2.24) is 0 Å². The minimum atomic E-state index is -0.116. The second kappa shape index (κ2) is 7.70. The normalized spacial score (nSPS) is 44.0. The van der Waals surface area contributed by atoms with Gasteiger partial charge in [0.05, 0.1) is 6.10 Å². The van der Waals surface area contributed by atoms with Gasteiger partial charge in [0.25, 0.3) is 0 Å². The molecule has 0 aromatic rings. The molecule has 1 heteroatoms. The molecule has 4 rings (SSSR count). The van der Waals surface area contributed by atoms with E-state index in [1.54, 1.807) is 5.57 Å². The molecule has 4 aliphatic rings. The van der Waals surface area contributed by atoms with Gasteiger partial charge < -0.3 is 5.11 Å². The lowest BCUT2D eigenvalue weighted by Gasteiger charge is -2.55. The maximum atomic E-state index is 10.2. The lowest BCUT2D eigenvalue weighted by atomic mass is 9.50. The zero-order valence-corrected chi connectivity index (χ0v) is 19.7. The summed E-state index contributed by atoms with van der Waals surface area (Å²) in [6, 6.07) is 0. The molecule has 0 aromatic carbocycles. The van der Waals surface area contributed by atoms with Crippen LogP contribution in [0.2, 0.25) is 0 Å². The number of rotatable bonds is 4. The first kappa shape index (κ1) is 21.4. The lowest BCUT2D eigenvalue weighted by molar-refractivity contribution is 0.0382. The number of hydrogen-bond donors (Lipinski definition) is 1. The second-order valence-corrected chi connectivity index (χ2v) is 11.9. The molecule has 0 radical (unpaired) electrons. The molecule has 0 unspecified atom stereocenters. The van der Waals surface area contributed by atoms with E-state index in [2.05, 4.69) is 65.8 Å². The molecule has 1 N–H and O–H groups in total. The lowest BCUT2D eigenvalue weighted by Crippen LogP contribution is -2.46. The van der Waals surface area contributed by atoms with Gasteiger partial charge in [-0.1, -0.05) is 77.0 Å². The maximum absolute atomic E-state index is 10.2. The van der Waals surface area contributed by atoms with Crippen LogP contribution in [0.4, 0.5) is 0 Å². The van der Waals surface area contributed by atoms with Crippen molar-refractivity contribution in [3.05, 3.63) is 35.5 Å². The molecule has 3 saturated carbocycles. The first-order chi connectivity index (χ1) is 13.7. The van der Waals surface area contributed by atoms with Crippen molar-refractivity contribution in [3.8, 4) is 0 Å². The molecule has 0 aromatic heterocycles. The van der Waals surface area contributed by atoms with Crippen LogP contribution in [-0.2, 0) is 0 Å². The first-order valence-electron chi connectivity index (χ1n) is 12.4. The van der Waals surface area contributed by atoms with Gasteiger partial charge in [-0.3, -0.25) is 0 Å². The van der Waals surface area contributed by atoms with E-state index >= 15 is 0 Å². The van der Waals surface area contributed by atoms with Crippen molar-refractivity contribution in [1.29, 1.82) is 0 Å². The Balaban J connectivity index is 1.57. The van der Waals surface area contributed by atoms with Crippen LogP contribution < -0.4 is 0 Å². The molecule has 0 amide bonds. The van der Waals surface area contributed by atoms with E-state index in [-0.39, 0.29) is 6.10 Å². The maximum Gasteiger partial charge on any atom is 0.0578 e. The minimum absolute atomic E-state index is 0.116. The molecule has 3 fully saturated rings. The quantitative estimate of drug-likeness (QED) is 0.493. The van der Waals surface area contributed by atoms with Gasteiger partial charge in [0.15, 0.2) is 0 Å². The van der Waals surface area contributed by atoms with E-state index in [1.165, 1.54) is 37.7 Å². The zero-order valence-electron chi connectivity index (χ0n) is 19.7. The number of allylic oxidation sites excluding steroid dienone is 5. The second-order valence-electron chi connectivity index (χ2n) is 11.9. The molecule has 0 bridgehead atoms. The molecule has 0 aliphatic heterocycles. The number of hydrogen-bond acceptors (Lipinski definition) is 1. The van der Waals surface area contributed by atoms with Crippen LogP contribution in [-0.4, -0.2) is 11.2 Å². The van der Waals surface area contributed by atoms with E-state index in [4.69, 9.17) is 0 Å². The molecular formula is C28H44O. The summed E-state index contributed by atoms with van der Waals surface area (Å²) in [6.45, 7) is 14.6. The molecule has 1 nitrogen and oxygen atoms in total. The van der Waals surface area contributed by atoms with Gasteiger partial charge in [-0.15, -0.1) is 0 Å². The summed E-state index contributed by atoms with van der Waals surface area (Å²) in [5.74, 6) is 4.38. The largest absolute Gasteiger partial charge is 0.393 e. The third-order valence-corrected chi connectivity index (χ3v) is 10.0. The third kappa shape index (κ3) is 3.50. The van der Waals surface area contributed by atoms with Crippen LogP contribution in [0, 0.1) is 46.3 Å². The van der Waals surface area contributed by atoms with E-state index in [1.807, 2.05) is 0 Å². The van der Waals surface area contributed by atoms with Crippen LogP contribution in [0.25, 0.3) is 0 Å². The molecule has 8 atom stereocenters. The molecule has 29 heavy (non-hydrogen) atoms. The van der Waals surface area contributed by atoms with Crippen molar-refractivity contribution in [3.63, 3.8) is 0 Å². The Morgan fingerprint density at radius 3 is 2.41 bits per heavy atom. The van der Waals surface area contributed by atoms with Crippen molar-refractivity contribution in [2.45, 2.75) is 92.6 Å². The summed E-state index contributed by atoms with van der Waals surface area (Å²) in [4.78, 5) is 0. The number of aliphatic hydroxyl groups is 1. The van der Waals surface area contributed by atoms with Crippen molar-refractivity contribution < 1.29 is 5.11 Å². The Morgan fingerprint density at radius 1 is 0.931 bits per heavy atom. The fraction of sp³-hybridized carbons (Fsp3) is 0.786. The van der Waals surface area contributed by atoms with Crippen LogP contribution in [0.3, 0.4) is 0 Å². The van der Waals surface area contributed by atoms with Crippen LogP contribution >= 0.6 is 0 Å². The average Bonchev–Trinajstić information content (AvgIpc) is 3.03. The predicted octanol–water partition coefficient (Wildman–Crippen LogP) is 7.33. The average molecular weight is 397 g/mol. The van der Waals surface area contributed by atoms with E-state index in [0.29, 0.717) is 22.7 Å². The monoisotopic (exact) mass is 396 g/mol. The highest BCUT2D eigenvalue weighted by molar-refractivity contribution is 5.39. The molecular weight excluding hydrogens is 352 g/mol. The Hall–Kier alpha value is -0.820. The van der Waals surface area contributed by atoms with Crippen LogP contribution in [0.1, 0.15) is 86.5 Å². The van der Waals surface area contributed by atoms with Crippen LogP contribution in [0.5, 0.6) is 0 Å². The molecule has 162 valence electrons. The summed E-state index contributed by atoms with van der Waals surface area (Å²) in [7, 11) is 0. The summed E-state index contributed by atoms with van der Waals surface area (Å²) in [6.07, 6.45) is 18.4. The zero-order chi connectivity index (χ0) is 21.0. The fourth-order valence-electron chi connectivity index (χ4n) is 7.59. The molecule has 0 spiro atoms. The predicted molar refractivity (Wildman–Crippen MR) is 123 cm³/mol. The summed E-state index contributed by atoms with van der Waals surface area (Å²) >= 11 is 0. The van der Waals surface area contributed by atoms with Gasteiger partial charge in [0.1, 0.15) is 0 Å². The Labute approximate surface area is 179 Å². The van der Waals surface area contributed by atoms with Crippen LogP contribution in [0.15, 0.2) is 35.5 Å². The Bertz CT molecular complexity index is 712. The Morgan fingerprint density at radius 2 is 1.69 bits per heavy atom. The van der Waals surface area contributed by atoms with Gasteiger partial charge in [0.2, 0.25) is 0 Å². The van der Waals surface area contributed by atoms with E-state index < -0.39 is 0 Å². The molecule has 0 heterocycles. The van der Waals surface area contributed by atoms with E-state index in [0.717, 1.165) is 36.5 Å². The summed E-state index contributed by atoms with van der Waals surface area (Å²) < 4.78 is 0. The van der Waals surface area contributed by atoms with Gasteiger partial charge in [-0.25, -0.2) is 0 Å². The topological polar surface area (TPSA) is 20.2 Å². The van der Waals surface area contributed by atoms with Crippen molar-refractivity contribution >= 4 is 0 Å². The van der Waals surface area contributed by atoms with Gasteiger partial charge in [0, 0.05) is 0 Å². The van der Waals surface area contributed by atoms with E-state index in [9.17, 15) is 5.11 Å². The highest BCUT2D eigenvalue weighted by Crippen LogP contribution is 2.65. The highest BCUT2D eigenvalue weighted by atomic mass is 16.3. The van der Waals surface area contributed by atoms with Gasteiger partial charge >= 0.3 is 0 Å². The van der Waals surface area contributed by atoms with Crippen molar-refractivity contribution in [2.75, 3.05) is 0 Å². The first-order valence-corrected chi connectivity index (χ1v) is 12.4. The summed E-state index contributed by atoms with van der Waals surface area (Å²) in [5.41, 5.74) is 4.07. The SMILES string of the molecule is CC(C)[C@@H](C)/C=C/[C@@H](C)[C@@H]1CC[C@@H]2C3=CC=C4C[C@@H](O)CC[C@]4(C)[C@@H]3CC[C@]21C. The minimum Gasteiger partial charge on any atom is -0.393 e. The van der Waals surface area contributed by atoms with Gasteiger partial charge in [-0.05, 0) is 91.3 Å². The number of aliphatic hydroxyl groups excluding tert-OH is 1. The Kier molecular flexibility index (Phi) is 5.69. The molecule has 0 saturated heterocycles. The summed E-state index contributed by atoms with van der Waals surface area (Å²) in [5, 5.41) is 10.2. The smallest absolute Gasteiger partial charge is 0.0578 e. The standard InChI is InChI=1S/C28H44O/c1-18(2)19(3)7-8-20(4)24-11-12-25-23-10-9-21-17-22(29)13-15-27(21,5)26(23)14-16-28(24,25)6/h7-10,18-20,22,24-26,29H,11-17H2,1-6H3/b8-7+/t19-,20+,22-,24-,25+,26+,27-,28-/m0/s1. The van der Waals surface area contributed by atoms with Gasteiger partial charge in [-0.2, -0.15) is 0 Å². The highest BCUT2D eigenvalue weighted by Gasteiger charge is 2.56. The third-order valence-electron chi connectivity index (χ3n) is 10.0. The van der Waals surface area contributed by atoms with Crippen molar-refractivity contribution in [2.24, 2.45) is 46.3 Å². The molecule has 4 aliphatic carbocycles.